The number of hydrogen-bond acceptors (Lipinski definition) is 8. The van der Waals surface area contributed by atoms with E-state index in [-0.39, 0.29) is 49.3 Å². The average molecular weight is 317 g/mol. The molecule has 0 atom stereocenters. The van der Waals surface area contributed by atoms with Gasteiger partial charge in [-0.2, -0.15) is 0 Å². The zero-order chi connectivity index (χ0) is 9.00. The second kappa shape index (κ2) is 9.76. The zero-order valence-corrected chi connectivity index (χ0v) is 13.3. The van der Waals surface area contributed by atoms with Crippen LogP contribution in [0.1, 0.15) is 0 Å². The van der Waals surface area contributed by atoms with Crippen LogP contribution in [0.5, 0.6) is 0 Å². The maximum atomic E-state index is 8.89. The van der Waals surface area contributed by atoms with Gasteiger partial charge in [-0.1, -0.05) is 0 Å². The summed E-state index contributed by atoms with van der Waals surface area (Å²) in [4.78, 5) is 0. The van der Waals surface area contributed by atoms with E-state index in [0.29, 0.717) is 0 Å². The van der Waals surface area contributed by atoms with Gasteiger partial charge in [0, 0.05) is 0 Å². The Hall–Kier alpha value is 2.22. The average Bonchev–Trinajstić information content (AvgIpc) is 1.12. The van der Waals surface area contributed by atoms with Gasteiger partial charge in [0.25, 0.3) is 0 Å². The largest absolute Gasteiger partial charge is 3.00 e. The van der Waals surface area contributed by atoms with Gasteiger partial charge in [-0.25, -0.2) is 0 Å². The molecule has 0 aromatic carbocycles. The zero-order valence-electron chi connectivity index (χ0n) is 5.66. The van der Waals surface area contributed by atoms with Crippen molar-refractivity contribution >= 4 is 60.3 Å². The van der Waals surface area contributed by atoms with Crippen LogP contribution in [0.3, 0.4) is 0 Å². The molecule has 0 amide bonds. The molecular formula is GaNaO6S4. The molecule has 0 aromatic heterocycles. The van der Waals surface area contributed by atoms with Crippen LogP contribution >= 0.6 is 0 Å². The summed E-state index contributed by atoms with van der Waals surface area (Å²) >= 11 is 6.49. The standard InChI is InChI=1S/Ga.Na.2H2O3S2/c;;2*1-5(2,3)4/h;;2*(H2,1,2,3,4)/q+3;+1;;/p-4. The maximum Gasteiger partial charge on any atom is 3.00 e. The summed E-state index contributed by atoms with van der Waals surface area (Å²) in [5.74, 6) is 0. The summed E-state index contributed by atoms with van der Waals surface area (Å²) in [6, 6.07) is 0. The fourth-order valence-electron chi connectivity index (χ4n) is 0. The second-order valence-electron chi connectivity index (χ2n) is 0.816. The van der Waals surface area contributed by atoms with Gasteiger partial charge in [-0.3, -0.25) is 8.42 Å². The normalized spacial score (nSPS) is 9.67. The van der Waals surface area contributed by atoms with Crippen molar-refractivity contribution in [2.24, 2.45) is 0 Å². The predicted molar refractivity (Wildman–Crippen MR) is 39.9 cm³/mol. The Morgan fingerprint density at radius 1 is 0.833 bits per heavy atom. The van der Waals surface area contributed by atoms with Crippen LogP contribution in [-0.4, -0.2) is 46.4 Å². The van der Waals surface area contributed by atoms with Crippen molar-refractivity contribution in [3.63, 3.8) is 0 Å². The summed E-state index contributed by atoms with van der Waals surface area (Å²) in [7, 11) is -8.67. The van der Waals surface area contributed by atoms with E-state index >= 15 is 0 Å². The van der Waals surface area contributed by atoms with Gasteiger partial charge in [0.1, 0.15) is 0 Å². The van der Waals surface area contributed by atoms with Crippen molar-refractivity contribution in [1.82, 2.24) is 0 Å². The fraction of sp³-hybridized carbons (Fsp3) is 0. The fourth-order valence-corrected chi connectivity index (χ4v) is 0. The molecule has 0 aromatic rings. The quantitative estimate of drug-likeness (QED) is 0.405. The molecule has 0 rings (SSSR count). The number of rotatable bonds is 0. The van der Waals surface area contributed by atoms with Crippen LogP contribution in [0.2, 0.25) is 0 Å². The molecule has 0 aliphatic carbocycles. The van der Waals surface area contributed by atoms with E-state index in [4.69, 9.17) is 26.6 Å². The van der Waals surface area contributed by atoms with Crippen molar-refractivity contribution < 1.29 is 56.2 Å². The predicted octanol–water partition coefficient (Wildman–Crippen LogP) is -5.39. The molecule has 0 aliphatic heterocycles. The minimum Gasteiger partial charge on any atom is -0.780 e. The topological polar surface area (TPSA) is 126 Å². The molecule has 64 valence electrons. The monoisotopic (exact) mass is 316 g/mol. The van der Waals surface area contributed by atoms with Crippen molar-refractivity contribution in [1.29, 1.82) is 0 Å². The van der Waals surface area contributed by atoms with Crippen molar-refractivity contribution in [3.8, 4) is 0 Å². The van der Waals surface area contributed by atoms with E-state index in [0.717, 1.165) is 0 Å². The smallest absolute Gasteiger partial charge is 0.780 e. The van der Waals surface area contributed by atoms with Crippen LogP contribution in [0.25, 0.3) is 0 Å². The van der Waals surface area contributed by atoms with Gasteiger partial charge in [0.15, 0.2) is 0 Å². The van der Waals surface area contributed by atoms with E-state index < -0.39 is 18.1 Å². The Balaban J connectivity index is -0.0000000457. The summed E-state index contributed by atoms with van der Waals surface area (Å²) in [6.07, 6.45) is 0. The van der Waals surface area contributed by atoms with Gasteiger partial charge in [-0.15, -0.1) is 18.1 Å². The van der Waals surface area contributed by atoms with Crippen LogP contribution < -0.4 is 29.6 Å². The SMILES string of the molecule is O=S([O-])([O-])=S.O=S([O-])([O-])=S.[Ga+3].[Na+]. The molecule has 0 saturated carbocycles. The Labute approximate surface area is 115 Å². The molecule has 12 heteroatoms. The van der Waals surface area contributed by atoms with E-state index in [2.05, 4.69) is 22.4 Å². The molecule has 6 nitrogen and oxygen atoms in total. The van der Waals surface area contributed by atoms with Crippen LogP contribution in [0, 0.1) is 0 Å². The third-order valence-electron chi connectivity index (χ3n) is 0. The van der Waals surface area contributed by atoms with Crippen molar-refractivity contribution in [2.45, 2.75) is 0 Å². The van der Waals surface area contributed by atoms with Crippen molar-refractivity contribution in [3.05, 3.63) is 0 Å². The van der Waals surface area contributed by atoms with Crippen LogP contribution in [-0.2, 0) is 40.5 Å². The Morgan fingerprint density at radius 2 is 0.833 bits per heavy atom. The third kappa shape index (κ3) is 313. The first-order valence-corrected chi connectivity index (χ1v) is 6.00. The Bertz CT molecular complexity index is 216. The minimum absolute atomic E-state index is 0. The van der Waals surface area contributed by atoms with E-state index in [9.17, 15) is 0 Å². The molecule has 0 heterocycles. The summed E-state index contributed by atoms with van der Waals surface area (Å²) in [6.45, 7) is 0. The second-order valence-corrected chi connectivity index (χ2v) is 4.90. The summed E-state index contributed by atoms with van der Waals surface area (Å²) in [5, 5.41) is 0. The molecule has 12 heavy (non-hydrogen) atoms. The molecule has 0 spiro atoms. The van der Waals surface area contributed by atoms with E-state index in [1.807, 2.05) is 0 Å². The molecule has 0 bridgehead atoms. The van der Waals surface area contributed by atoms with Gasteiger partial charge >= 0.3 is 49.3 Å². The molecule has 0 fully saturated rings. The first kappa shape index (κ1) is 23.8. The van der Waals surface area contributed by atoms with Gasteiger partial charge in [0.2, 0.25) is 0 Å². The molecule has 0 N–H and O–H groups in total. The third-order valence-corrected chi connectivity index (χ3v) is 0. The molecule has 0 aliphatic rings. The molecule has 0 saturated heterocycles. The van der Waals surface area contributed by atoms with E-state index in [1.165, 1.54) is 0 Å². The first-order chi connectivity index (χ1) is 4.00. The Morgan fingerprint density at radius 3 is 0.833 bits per heavy atom. The minimum atomic E-state index is -4.33. The summed E-state index contributed by atoms with van der Waals surface area (Å²) in [5.41, 5.74) is 0. The van der Waals surface area contributed by atoms with Gasteiger partial charge in [-0.05, 0) is 22.4 Å². The summed E-state index contributed by atoms with van der Waals surface area (Å²) < 4.78 is 53.3. The Kier molecular flexibility index (Phi) is 19.3. The van der Waals surface area contributed by atoms with Crippen LogP contribution in [0.4, 0.5) is 0 Å². The van der Waals surface area contributed by atoms with Gasteiger partial charge in [0.05, 0.1) is 0 Å². The maximum absolute atomic E-state index is 8.89. The van der Waals surface area contributed by atoms with Gasteiger partial charge < -0.3 is 18.2 Å². The van der Waals surface area contributed by atoms with E-state index in [1.54, 1.807) is 0 Å². The van der Waals surface area contributed by atoms with Crippen LogP contribution in [0.15, 0.2) is 0 Å². The van der Waals surface area contributed by atoms with Crippen molar-refractivity contribution in [2.75, 3.05) is 0 Å². The molecular weight excluding hydrogens is 317 g/mol. The number of hydrogen-bond donors (Lipinski definition) is 0. The molecule has 0 unspecified atom stereocenters. The molecule has 0 radical (unpaired) electrons. The first-order valence-electron chi connectivity index (χ1n) is 1.33.